The molecule has 1 heterocycles. The van der Waals surface area contributed by atoms with Crippen LogP contribution in [-0.4, -0.2) is 24.1 Å². The van der Waals surface area contributed by atoms with Crippen LogP contribution in [0.1, 0.15) is 25.1 Å². The summed E-state index contributed by atoms with van der Waals surface area (Å²) in [5, 5.41) is 8.34. The van der Waals surface area contributed by atoms with E-state index in [2.05, 4.69) is 0 Å². The molecule has 0 aromatic heterocycles. The molecule has 0 bridgehead atoms. The van der Waals surface area contributed by atoms with Crippen LogP contribution in [0.15, 0.2) is 0 Å². The van der Waals surface area contributed by atoms with E-state index in [9.17, 15) is 4.79 Å². The Bertz CT molecular complexity index is 392. The van der Waals surface area contributed by atoms with Crippen molar-refractivity contribution in [3.8, 4) is 0 Å². The maximum absolute atomic E-state index is 11.1. The zero-order valence-electron chi connectivity index (χ0n) is 14.3. The molecule has 0 spiro atoms. The molecule has 0 aromatic carbocycles. The first-order chi connectivity index (χ1) is 8.10. The van der Waals surface area contributed by atoms with Crippen molar-refractivity contribution in [1.82, 2.24) is 5.31 Å². The Hall–Kier alpha value is -0.570. The Morgan fingerprint density at radius 3 is 2.89 bits per heavy atom. The quantitative estimate of drug-likeness (QED) is 0.540. The third-order valence-corrected chi connectivity index (χ3v) is 0.687. The van der Waals surface area contributed by atoms with E-state index in [-0.39, 0.29) is 0 Å². The highest BCUT2D eigenvalue weighted by molar-refractivity contribution is 5.70. The number of hydrogen-bond donors (Lipinski definition) is 2. The molecule has 0 atom stereocenters. The van der Waals surface area contributed by atoms with Crippen LogP contribution in [0.4, 0.5) is 0 Å². The van der Waals surface area contributed by atoms with Crippen molar-refractivity contribution in [2.75, 3.05) is 13.0 Å². The van der Waals surface area contributed by atoms with Gasteiger partial charge in [0.25, 0.3) is 0 Å². The number of hydrogen-bond acceptors (Lipinski definition) is 2. The van der Waals surface area contributed by atoms with Crippen LogP contribution in [-0.2, 0) is 4.79 Å². The lowest BCUT2D eigenvalue weighted by molar-refractivity contribution is -0.142. The topological polar surface area (TPSA) is 49.3 Å². The molecule has 3 nitrogen and oxygen atoms in total. The predicted octanol–water partition coefficient (Wildman–Crippen LogP) is 0.0706. The van der Waals surface area contributed by atoms with E-state index in [1.54, 1.807) is 0 Å². The molecule has 9 heavy (non-hydrogen) atoms. The summed E-state index contributed by atoms with van der Waals surface area (Å²) in [5.41, 5.74) is 0. The second-order valence-corrected chi connectivity index (χ2v) is 1.27. The highest BCUT2D eigenvalue weighted by Crippen LogP contribution is 2.10. The van der Waals surface area contributed by atoms with Gasteiger partial charge in [-0.1, -0.05) is 0 Å². The summed E-state index contributed by atoms with van der Waals surface area (Å²) in [4.78, 5) is 11.1. The molecule has 0 radical (unpaired) electrons. The van der Waals surface area contributed by atoms with Crippen LogP contribution < -0.4 is 5.31 Å². The third kappa shape index (κ3) is 1.68. The molecule has 1 aliphatic heterocycles. The summed E-state index contributed by atoms with van der Waals surface area (Å²) in [6, 6.07) is 0. The van der Waals surface area contributed by atoms with Gasteiger partial charge in [0.1, 0.15) is 1.41 Å². The molecule has 0 unspecified atom stereocenters. The number of piperidine rings is 1. The summed E-state index contributed by atoms with van der Waals surface area (Å²) in [7, 11) is 0. The van der Waals surface area contributed by atoms with Gasteiger partial charge >= 0.3 is 5.97 Å². The molecule has 1 fully saturated rings. The summed E-state index contributed by atoms with van der Waals surface area (Å²) in [6.45, 7) is -7.02. The van der Waals surface area contributed by atoms with Gasteiger partial charge in [0.2, 0.25) is 0 Å². The van der Waals surface area contributed by atoms with E-state index in [1.807, 2.05) is 0 Å². The maximum Gasteiger partial charge on any atom is 0.306 e. The standard InChI is InChI=1S/C6H11NO2/c8-6(9)5-1-3-7-4-2-5/h5,7H,1-4H2,(H,8,9)/i1D2,2D2,3D2,4D2,5D/hD. The van der Waals surface area contributed by atoms with Crippen LogP contribution in [0.5, 0.6) is 0 Å². The highest BCUT2D eigenvalue weighted by atomic mass is 16.4. The lowest BCUT2D eigenvalue weighted by Gasteiger charge is -2.17. The predicted molar refractivity (Wildman–Crippen MR) is 33.2 cm³/mol. The average Bonchev–Trinajstić information content (AvgIpc) is 2.23. The van der Waals surface area contributed by atoms with Crippen LogP contribution in [0, 0.1) is 5.89 Å². The van der Waals surface area contributed by atoms with Crippen LogP contribution in [0.3, 0.4) is 0 Å². The first kappa shape index (κ1) is 1.37. The van der Waals surface area contributed by atoms with Crippen molar-refractivity contribution in [2.45, 2.75) is 12.7 Å². The van der Waals surface area contributed by atoms with Crippen LogP contribution >= 0.6 is 0 Å². The normalized spacial score (nSPS) is 66.2. The van der Waals surface area contributed by atoms with Gasteiger partial charge < -0.3 is 10.4 Å². The fourth-order valence-corrected chi connectivity index (χ4v) is 0.334. The molecule has 0 aliphatic carbocycles. The molecule has 0 aromatic rings. The van der Waals surface area contributed by atoms with Gasteiger partial charge in [-0.15, -0.1) is 0 Å². The van der Waals surface area contributed by atoms with Gasteiger partial charge in [-0.3, -0.25) is 4.79 Å². The molecule has 3 heteroatoms. The summed E-state index contributed by atoms with van der Waals surface area (Å²) < 4.78 is 73.9. The number of carbonyl (C=O) groups is 1. The lowest BCUT2D eigenvalue weighted by Crippen LogP contribution is -2.31. The van der Waals surface area contributed by atoms with Gasteiger partial charge in [0.15, 0.2) is 0 Å². The number of carboxylic acids is 1. The molecular weight excluding hydrogens is 118 g/mol. The maximum atomic E-state index is 11.1. The monoisotopic (exact) mass is 139 g/mol. The van der Waals surface area contributed by atoms with Crippen molar-refractivity contribution < 1.29 is 23.6 Å². The Morgan fingerprint density at radius 1 is 1.89 bits per heavy atom. The van der Waals surface area contributed by atoms with Gasteiger partial charge in [-0.25, -0.2) is 0 Å². The SMILES string of the molecule is [2H]N1C([2H])([2H])C([2H])([2H])C([2H])(C(=O)O)C([2H])([2H])C1([2H])[2H]. The Kier molecular flexibility index (Phi) is 0.430. The third-order valence-electron chi connectivity index (χ3n) is 0.687. The van der Waals surface area contributed by atoms with Crippen molar-refractivity contribution in [2.24, 2.45) is 5.89 Å². The molecule has 1 saturated heterocycles. The second-order valence-electron chi connectivity index (χ2n) is 1.27. The van der Waals surface area contributed by atoms with Crippen LogP contribution in [0.2, 0.25) is 1.41 Å². The van der Waals surface area contributed by atoms with Gasteiger partial charge in [-0.2, -0.15) is 0 Å². The Labute approximate surface area is 68.2 Å². The van der Waals surface area contributed by atoms with E-state index >= 15 is 0 Å². The minimum absolute atomic E-state index is 0.601. The molecule has 1 aliphatic rings. The van der Waals surface area contributed by atoms with E-state index in [1.165, 1.54) is 0 Å². The molecule has 52 valence electrons. The van der Waals surface area contributed by atoms with E-state index in [0.29, 0.717) is 0 Å². The van der Waals surface area contributed by atoms with Gasteiger partial charge in [0.05, 0.1) is 5.89 Å². The molecule has 1 rings (SSSR count). The largest absolute Gasteiger partial charge is 0.481 e. The number of rotatable bonds is 1. The minimum Gasteiger partial charge on any atom is -0.481 e. The molecule has 2 N–H and O–H groups in total. The van der Waals surface area contributed by atoms with E-state index in [4.69, 9.17) is 18.9 Å². The fourth-order valence-electron chi connectivity index (χ4n) is 0.334. The Morgan fingerprint density at radius 2 is 2.44 bits per heavy atom. The Balaban J connectivity index is 3.75. The minimum atomic E-state index is -3.76. The van der Waals surface area contributed by atoms with Crippen molar-refractivity contribution in [1.29, 1.82) is 0 Å². The van der Waals surface area contributed by atoms with Gasteiger partial charge in [-0.05, 0) is 25.7 Å². The zero-order valence-corrected chi connectivity index (χ0v) is 4.30. The van der Waals surface area contributed by atoms with Crippen molar-refractivity contribution in [3.05, 3.63) is 0 Å². The molecule has 0 saturated carbocycles. The van der Waals surface area contributed by atoms with Crippen LogP contribution in [0.25, 0.3) is 0 Å². The number of nitrogens with one attached hydrogen (secondary N) is 1. The first-order valence-electron chi connectivity index (χ1n) is 7.07. The smallest absolute Gasteiger partial charge is 0.306 e. The summed E-state index contributed by atoms with van der Waals surface area (Å²) in [6.07, 6.45) is -7.33. The number of aliphatic carboxylic acids is 1. The first-order valence-corrected chi connectivity index (χ1v) is 2.12. The highest BCUT2D eigenvalue weighted by Gasteiger charge is 2.18. The summed E-state index contributed by atoms with van der Waals surface area (Å²) in [5.74, 6) is -6.10. The van der Waals surface area contributed by atoms with Crippen molar-refractivity contribution >= 4 is 5.97 Å². The average molecular weight is 139 g/mol. The zero-order chi connectivity index (χ0) is 15.7. The van der Waals surface area contributed by atoms with Gasteiger partial charge in [0, 0.05) is 12.3 Å². The summed E-state index contributed by atoms with van der Waals surface area (Å²) >= 11 is 0. The fraction of sp³-hybridized carbons (Fsp3) is 0.833. The number of carboxylic acid groups (broad SMARTS) is 1. The lowest BCUT2D eigenvalue weighted by atomic mass is 9.99. The van der Waals surface area contributed by atoms with Crippen molar-refractivity contribution in [3.63, 3.8) is 0 Å². The second kappa shape index (κ2) is 2.82. The molecule has 0 amide bonds. The van der Waals surface area contributed by atoms with E-state index in [0.717, 1.165) is 0 Å². The molecular formula is C6H11NO2. The van der Waals surface area contributed by atoms with E-state index < -0.39 is 42.9 Å².